The van der Waals surface area contributed by atoms with Crippen molar-refractivity contribution in [2.75, 3.05) is 0 Å². The van der Waals surface area contributed by atoms with Crippen LogP contribution in [0.15, 0.2) is 42.5 Å². The zero-order valence-corrected chi connectivity index (χ0v) is 9.26. The van der Waals surface area contributed by atoms with Gasteiger partial charge in [-0.1, -0.05) is 42.5 Å². The minimum atomic E-state index is -0.876. The molecule has 0 amide bonds. The third-order valence-corrected chi connectivity index (χ3v) is 2.82. The van der Waals surface area contributed by atoms with E-state index < -0.39 is 11.9 Å². The van der Waals surface area contributed by atoms with Gasteiger partial charge in [0.2, 0.25) is 0 Å². The maximum absolute atomic E-state index is 11.2. The van der Waals surface area contributed by atoms with E-state index >= 15 is 0 Å². The van der Waals surface area contributed by atoms with Crippen molar-refractivity contribution in [2.45, 2.75) is 12.3 Å². The predicted molar refractivity (Wildman–Crippen MR) is 67.8 cm³/mol. The molecule has 1 N–H and O–H groups in total. The zero-order chi connectivity index (χ0) is 12.3. The van der Waals surface area contributed by atoms with Crippen LogP contribution in [0.2, 0.25) is 0 Å². The van der Waals surface area contributed by atoms with Crippen LogP contribution in [0.25, 0.3) is 10.8 Å². The van der Waals surface area contributed by atoms with Gasteiger partial charge in [-0.2, -0.15) is 0 Å². The summed E-state index contributed by atoms with van der Waals surface area (Å²) in [5.74, 6) is 0.923. The third-order valence-electron chi connectivity index (χ3n) is 2.82. The van der Waals surface area contributed by atoms with Gasteiger partial charge in [0.1, 0.15) is 0 Å². The first-order valence-electron chi connectivity index (χ1n) is 5.38. The van der Waals surface area contributed by atoms with Crippen LogP contribution in [0.5, 0.6) is 0 Å². The first-order chi connectivity index (χ1) is 8.24. The summed E-state index contributed by atoms with van der Waals surface area (Å²) in [6.45, 7) is 0. The Labute approximate surface area is 99.9 Å². The molecular formula is C15H12O2. The maximum Gasteiger partial charge on any atom is 0.311 e. The van der Waals surface area contributed by atoms with E-state index in [4.69, 9.17) is 6.42 Å². The molecule has 0 aliphatic rings. The molecule has 0 spiro atoms. The standard InChI is InChI=1S/C15H12O2/c1-2-6-14(15(16)17)13-10-5-8-11-7-3-4-9-12(11)13/h1,3-5,7-10,14H,6H2,(H,16,17). The Morgan fingerprint density at radius 3 is 2.65 bits per heavy atom. The molecule has 2 heteroatoms. The Kier molecular flexibility index (Phi) is 3.11. The van der Waals surface area contributed by atoms with Crippen LogP contribution in [-0.2, 0) is 4.79 Å². The van der Waals surface area contributed by atoms with E-state index in [2.05, 4.69) is 5.92 Å². The Balaban J connectivity index is 2.61. The molecule has 0 radical (unpaired) electrons. The molecule has 0 aliphatic heterocycles. The molecule has 0 aromatic heterocycles. The van der Waals surface area contributed by atoms with Crippen molar-refractivity contribution in [2.24, 2.45) is 0 Å². The maximum atomic E-state index is 11.2. The molecule has 1 atom stereocenters. The lowest BCUT2D eigenvalue weighted by Gasteiger charge is -2.12. The molecule has 2 aromatic carbocycles. The number of rotatable bonds is 3. The van der Waals surface area contributed by atoms with E-state index in [1.165, 1.54) is 0 Å². The molecule has 84 valence electrons. The van der Waals surface area contributed by atoms with Crippen molar-refractivity contribution in [1.29, 1.82) is 0 Å². The highest BCUT2D eigenvalue weighted by Crippen LogP contribution is 2.27. The summed E-state index contributed by atoms with van der Waals surface area (Å²) in [6, 6.07) is 13.4. The van der Waals surface area contributed by atoms with Crippen LogP contribution in [0.3, 0.4) is 0 Å². The molecule has 17 heavy (non-hydrogen) atoms. The minimum Gasteiger partial charge on any atom is -0.481 e. The summed E-state index contributed by atoms with van der Waals surface area (Å²) in [6.07, 6.45) is 5.45. The first kappa shape index (κ1) is 11.2. The molecule has 0 aliphatic carbocycles. The minimum absolute atomic E-state index is 0.212. The van der Waals surface area contributed by atoms with Gasteiger partial charge in [0, 0.05) is 6.42 Å². The van der Waals surface area contributed by atoms with E-state index in [1.807, 2.05) is 42.5 Å². The number of fused-ring (bicyclic) bond motifs is 1. The van der Waals surface area contributed by atoms with Crippen LogP contribution in [0, 0.1) is 12.3 Å². The summed E-state index contributed by atoms with van der Waals surface area (Å²) in [4.78, 5) is 11.2. The van der Waals surface area contributed by atoms with E-state index in [-0.39, 0.29) is 6.42 Å². The lowest BCUT2D eigenvalue weighted by Crippen LogP contribution is -2.11. The lowest BCUT2D eigenvalue weighted by molar-refractivity contribution is -0.138. The largest absolute Gasteiger partial charge is 0.481 e. The number of carboxylic acid groups (broad SMARTS) is 1. The van der Waals surface area contributed by atoms with E-state index in [0.29, 0.717) is 0 Å². The molecule has 1 unspecified atom stereocenters. The molecule has 0 heterocycles. The van der Waals surface area contributed by atoms with E-state index in [9.17, 15) is 9.90 Å². The van der Waals surface area contributed by atoms with Crippen molar-refractivity contribution >= 4 is 16.7 Å². The molecular weight excluding hydrogens is 212 g/mol. The van der Waals surface area contributed by atoms with Crippen molar-refractivity contribution in [3.8, 4) is 12.3 Å². The monoisotopic (exact) mass is 224 g/mol. The summed E-state index contributed by atoms with van der Waals surface area (Å²) < 4.78 is 0. The first-order valence-corrected chi connectivity index (χ1v) is 5.38. The van der Waals surface area contributed by atoms with Crippen molar-refractivity contribution in [3.05, 3.63) is 48.0 Å². The number of carbonyl (C=O) groups is 1. The van der Waals surface area contributed by atoms with Crippen LogP contribution < -0.4 is 0 Å². The Morgan fingerprint density at radius 1 is 1.24 bits per heavy atom. The van der Waals surface area contributed by atoms with Gasteiger partial charge in [-0.15, -0.1) is 12.3 Å². The molecule has 2 nitrogen and oxygen atoms in total. The highest BCUT2D eigenvalue weighted by atomic mass is 16.4. The van der Waals surface area contributed by atoms with E-state index in [0.717, 1.165) is 16.3 Å². The summed E-state index contributed by atoms with van der Waals surface area (Å²) in [5, 5.41) is 11.2. The van der Waals surface area contributed by atoms with Gasteiger partial charge in [-0.3, -0.25) is 4.79 Å². The fraction of sp³-hybridized carbons (Fsp3) is 0.133. The van der Waals surface area contributed by atoms with Crippen molar-refractivity contribution in [1.82, 2.24) is 0 Å². The second kappa shape index (κ2) is 4.71. The predicted octanol–water partition coefficient (Wildman–Crippen LogP) is 3.03. The van der Waals surface area contributed by atoms with Crippen molar-refractivity contribution in [3.63, 3.8) is 0 Å². The number of hydrogen-bond acceptors (Lipinski definition) is 1. The fourth-order valence-electron chi connectivity index (χ4n) is 2.00. The SMILES string of the molecule is C#CCC(C(=O)O)c1cccc2ccccc12. The van der Waals surface area contributed by atoms with Crippen LogP contribution >= 0.6 is 0 Å². The molecule has 2 rings (SSSR count). The third kappa shape index (κ3) is 2.14. The van der Waals surface area contributed by atoms with E-state index in [1.54, 1.807) is 0 Å². The highest BCUT2D eigenvalue weighted by Gasteiger charge is 2.20. The Morgan fingerprint density at radius 2 is 1.94 bits per heavy atom. The summed E-state index contributed by atoms with van der Waals surface area (Å²) in [5.41, 5.74) is 0.786. The van der Waals surface area contributed by atoms with Gasteiger partial charge in [0.25, 0.3) is 0 Å². The zero-order valence-electron chi connectivity index (χ0n) is 9.26. The quantitative estimate of drug-likeness (QED) is 0.814. The molecule has 0 bridgehead atoms. The van der Waals surface area contributed by atoms with Gasteiger partial charge in [0.15, 0.2) is 0 Å². The number of benzene rings is 2. The average molecular weight is 224 g/mol. The molecule has 2 aromatic rings. The summed E-state index contributed by atoms with van der Waals surface area (Å²) in [7, 11) is 0. The van der Waals surface area contributed by atoms with Gasteiger partial charge >= 0.3 is 5.97 Å². The lowest BCUT2D eigenvalue weighted by atomic mass is 9.91. The van der Waals surface area contributed by atoms with Crippen LogP contribution in [0.4, 0.5) is 0 Å². The van der Waals surface area contributed by atoms with Crippen LogP contribution in [0.1, 0.15) is 17.9 Å². The van der Waals surface area contributed by atoms with Gasteiger partial charge in [-0.25, -0.2) is 0 Å². The second-order valence-corrected chi connectivity index (χ2v) is 3.87. The average Bonchev–Trinajstić information content (AvgIpc) is 2.35. The number of terminal acetylenes is 1. The smallest absolute Gasteiger partial charge is 0.311 e. The number of hydrogen-bond donors (Lipinski definition) is 1. The topological polar surface area (TPSA) is 37.3 Å². The van der Waals surface area contributed by atoms with Crippen LogP contribution in [-0.4, -0.2) is 11.1 Å². The highest BCUT2D eigenvalue weighted by molar-refractivity contribution is 5.90. The molecule has 0 saturated carbocycles. The van der Waals surface area contributed by atoms with Gasteiger partial charge in [-0.05, 0) is 16.3 Å². The second-order valence-electron chi connectivity index (χ2n) is 3.87. The Bertz CT molecular complexity index is 588. The van der Waals surface area contributed by atoms with Crippen molar-refractivity contribution < 1.29 is 9.90 Å². The summed E-state index contributed by atoms with van der Waals surface area (Å²) >= 11 is 0. The van der Waals surface area contributed by atoms with Gasteiger partial charge in [0.05, 0.1) is 5.92 Å². The Hall–Kier alpha value is -2.27. The number of aliphatic carboxylic acids is 1. The molecule has 0 fully saturated rings. The molecule has 0 saturated heterocycles. The fourth-order valence-corrected chi connectivity index (χ4v) is 2.00. The van der Waals surface area contributed by atoms with Gasteiger partial charge < -0.3 is 5.11 Å². The normalized spacial score (nSPS) is 11.9. The number of carboxylic acids is 1.